The Hall–Kier alpha value is -2.63. The average molecular weight is 244 g/mol. The number of ether oxygens (including phenoxy) is 1. The van der Waals surface area contributed by atoms with E-state index in [2.05, 4.69) is 15.3 Å². The average Bonchev–Trinajstić information content (AvgIpc) is 2.40. The minimum absolute atomic E-state index is 0.293. The van der Waals surface area contributed by atoms with Crippen molar-refractivity contribution in [3.8, 4) is 5.75 Å². The maximum absolute atomic E-state index is 12.0. The van der Waals surface area contributed by atoms with E-state index in [1.165, 1.54) is 25.7 Å². The van der Waals surface area contributed by atoms with Gasteiger partial charge in [0.05, 0.1) is 24.6 Å². The number of hydrogen-bond acceptors (Lipinski definition) is 5. The van der Waals surface area contributed by atoms with Crippen molar-refractivity contribution in [1.82, 2.24) is 9.97 Å². The van der Waals surface area contributed by atoms with Crippen LogP contribution in [0, 0.1) is 0 Å². The number of amides is 1. The fraction of sp³-hybridized carbons (Fsp3) is 0.0833. The van der Waals surface area contributed by atoms with Gasteiger partial charge in [0.1, 0.15) is 5.75 Å². The first kappa shape index (κ1) is 11.8. The molecule has 1 aromatic heterocycles. The van der Waals surface area contributed by atoms with E-state index in [0.717, 1.165) is 0 Å². The molecule has 1 aromatic carbocycles. The number of rotatable bonds is 3. The normalized spacial score (nSPS) is 9.83. The summed E-state index contributed by atoms with van der Waals surface area (Å²) in [7, 11) is 1.50. The Morgan fingerprint density at radius 1 is 1.39 bits per heavy atom. The SMILES string of the molecule is COc1cccc(C(=O)Nc2cnccn2)c1N. The predicted octanol–water partition coefficient (Wildman–Crippen LogP) is 1.32. The van der Waals surface area contributed by atoms with E-state index in [4.69, 9.17) is 10.5 Å². The molecule has 2 aromatic rings. The summed E-state index contributed by atoms with van der Waals surface area (Å²) < 4.78 is 5.05. The highest BCUT2D eigenvalue weighted by molar-refractivity contribution is 6.08. The van der Waals surface area contributed by atoms with Gasteiger partial charge >= 0.3 is 0 Å². The number of methoxy groups -OCH3 is 1. The number of nitrogen functional groups attached to an aromatic ring is 1. The first-order chi connectivity index (χ1) is 8.72. The van der Waals surface area contributed by atoms with Gasteiger partial charge in [-0.05, 0) is 12.1 Å². The van der Waals surface area contributed by atoms with Gasteiger partial charge in [-0.2, -0.15) is 0 Å². The van der Waals surface area contributed by atoms with Crippen molar-refractivity contribution in [2.45, 2.75) is 0 Å². The summed E-state index contributed by atoms with van der Waals surface area (Å²) in [6.45, 7) is 0. The van der Waals surface area contributed by atoms with Gasteiger partial charge in [-0.25, -0.2) is 4.98 Å². The summed E-state index contributed by atoms with van der Waals surface area (Å²) in [5, 5.41) is 2.60. The topological polar surface area (TPSA) is 90.1 Å². The van der Waals surface area contributed by atoms with Crippen LogP contribution in [0.5, 0.6) is 5.75 Å². The molecule has 18 heavy (non-hydrogen) atoms. The number of para-hydroxylation sites is 1. The largest absolute Gasteiger partial charge is 0.495 e. The number of benzene rings is 1. The summed E-state index contributed by atoms with van der Waals surface area (Å²) >= 11 is 0. The molecule has 0 saturated heterocycles. The Morgan fingerprint density at radius 3 is 2.89 bits per heavy atom. The van der Waals surface area contributed by atoms with Gasteiger partial charge in [0.25, 0.3) is 5.91 Å². The standard InChI is InChI=1S/C12H12N4O2/c1-18-9-4-2-3-8(11(9)13)12(17)16-10-7-14-5-6-15-10/h2-7H,13H2,1H3,(H,15,16,17). The zero-order valence-electron chi connectivity index (χ0n) is 9.75. The van der Waals surface area contributed by atoms with Crippen molar-refractivity contribution >= 4 is 17.4 Å². The van der Waals surface area contributed by atoms with Crippen molar-refractivity contribution < 1.29 is 9.53 Å². The van der Waals surface area contributed by atoms with Crippen LogP contribution in [0.1, 0.15) is 10.4 Å². The molecule has 0 aliphatic heterocycles. The van der Waals surface area contributed by atoms with Crippen LogP contribution in [0.4, 0.5) is 11.5 Å². The monoisotopic (exact) mass is 244 g/mol. The molecule has 6 heteroatoms. The minimum atomic E-state index is -0.355. The fourth-order valence-corrected chi connectivity index (χ4v) is 1.47. The Balaban J connectivity index is 2.24. The smallest absolute Gasteiger partial charge is 0.259 e. The van der Waals surface area contributed by atoms with Crippen LogP contribution in [0.3, 0.4) is 0 Å². The number of nitrogens with one attached hydrogen (secondary N) is 1. The molecule has 0 unspecified atom stereocenters. The van der Waals surface area contributed by atoms with Gasteiger partial charge < -0.3 is 15.8 Å². The highest BCUT2D eigenvalue weighted by Crippen LogP contribution is 2.25. The highest BCUT2D eigenvalue weighted by Gasteiger charge is 2.13. The van der Waals surface area contributed by atoms with Crippen LogP contribution < -0.4 is 15.8 Å². The first-order valence-electron chi connectivity index (χ1n) is 5.22. The lowest BCUT2D eigenvalue weighted by Gasteiger charge is -2.09. The number of nitrogens with zero attached hydrogens (tertiary/aromatic N) is 2. The van der Waals surface area contributed by atoms with E-state index >= 15 is 0 Å². The third-order valence-electron chi connectivity index (χ3n) is 2.34. The molecule has 3 N–H and O–H groups in total. The third-order valence-corrected chi connectivity index (χ3v) is 2.34. The molecule has 2 rings (SSSR count). The quantitative estimate of drug-likeness (QED) is 0.795. The van der Waals surface area contributed by atoms with Crippen LogP contribution >= 0.6 is 0 Å². The van der Waals surface area contributed by atoms with E-state index in [1.807, 2.05) is 0 Å². The van der Waals surface area contributed by atoms with Crippen molar-refractivity contribution in [2.75, 3.05) is 18.2 Å². The molecule has 0 fully saturated rings. The molecule has 0 aliphatic rings. The van der Waals surface area contributed by atoms with Crippen molar-refractivity contribution in [3.63, 3.8) is 0 Å². The van der Waals surface area contributed by atoms with Crippen LogP contribution in [-0.4, -0.2) is 23.0 Å². The van der Waals surface area contributed by atoms with Gasteiger partial charge in [-0.3, -0.25) is 9.78 Å². The molecule has 0 atom stereocenters. The fourth-order valence-electron chi connectivity index (χ4n) is 1.47. The molecule has 0 aliphatic carbocycles. The van der Waals surface area contributed by atoms with Gasteiger partial charge in [-0.1, -0.05) is 6.07 Å². The zero-order valence-corrected chi connectivity index (χ0v) is 9.75. The number of nitrogens with two attached hydrogens (primary N) is 1. The maximum atomic E-state index is 12.0. The zero-order chi connectivity index (χ0) is 13.0. The van der Waals surface area contributed by atoms with Gasteiger partial charge in [0, 0.05) is 12.4 Å². The van der Waals surface area contributed by atoms with Gasteiger partial charge in [0.2, 0.25) is 0 Å². The molecule has 0 spiro atoms. The van der Waals surface area contributed by atoms with Crippen LogP contribution in [-0.2, 0) is 0 Å². The Bertz CT molecular complexity index is 557. The lowest BCUT2D eigenvalue weighted by atomic mass is 10.1. The second-order valence-electron chi connectivity index (χ2n) is 3.47. The number of carbonyl (C=O) groups is 1. The molecule has 0 bridgehead atoms. The lowest BCUT2D eigenvalue weighted by Crippen LogP contribution is -2.15. The Labute approximate surface area is 104 Å². The van der Waals surface area contributed by atoms with Crippen LogP contribution in [0.2, 0.25) is 0 Å². The van der Waals surface area contributed by atoms with Crippen molar-refractivity contribution in [3.05, 3.63) is 42.4 Å². The predicted molar refractivity (Wildman–Crippen MR) is 67.4 cm³/mol. The van der Waals surface area contributed by atoms with E-state index in [-0.39, 0.29) is 5.91 Å². The number of carbonyl (C=O) groups excluding carboxylic acids is 1. The maximum Gasteiger partial charge on any atom is 0.259 e. The second kappa shape index (κ2) is 5.13. The molecule has 0 saturated carbocycles. The third kappa shape index (κ3) is 2.37. The number of hydrogen-bond donors (Lipinski definition) is 2. The Kier molecular flexibility index (Phi) is 3.38. The van der Waals surface area contributed by atoms with E-state index in [0.29, 0.717) is 22.8 Å². The molecule has 1 amide bonds. The Morgan fingerprint density at radius 2 is 2.22 bits per heavy atom. The molecular weight excluding hydrogens is 232 g/mol. The first-order valence-corrected chi connectivity index (χ1v) is 5.22. The summed E-state index contributed by atoms with van der Waals surface area (Å²) in [5.41, 5.74) is 6.45. The van der Waals surface area contributed by atoms with Crippen molar-refractivity contribution in [1.29, 1.82) is 0 Å². The molecular formula is C12H12N4O2. The van der Waals surface area contributed by atoms with E-state index in [1.54, 1.807) is 18.2 Å². The van der Waals surface area contributed by atoms with Crippen molar-refractivity contribution in [2.24, 2.45) is 0 Å². The van der Waals surface area contributed by atoms with E-state index < -0.39 is 0 Å². The molecule has 92 valence electrons. The number of aromatic nitrogens is 2. The molecule has 6 nitrogen and oxygen atoms in total. The summed E-state index contributed by atoms with van der Waals surface area (Å²) in [4.78, 5) is 19.8. The van der Waals surface area contributed by atoms with E-state index in [9.17, 15) is 4.79 Å². The summed E-state index contributed by atoms with van der Waals surface area (Å²) in [6, 6.07) is 5.00. The molecule has 0 radical (unpaired) electrons. The second-order valence-corrected chi connectivity index (χ2v) is 3.47. The lowest BCUT2D eigenvalue weighted by molar-refractivity contribution is 0.102. The highest BCUT2D eigenvalue weighted by atomic mass is 16.5. The van der Waals surface area contributed by atoms with Gasteiger partial charge in [0.15, 0.2) is 5.82 Å². The van der Waals surface area contributed by atoms with Gasteiger partial charge in [-0.15, -0.1) is 0 Å². The summed E-state index contributed by atoms with van der Waals surface area (Å²) in [6.07, 6.45) is 4.47. The molecule has 1 heterocycles. The minimum Gasteiger partial charge on any atom is -0.495 e. The van der Waals surface area contributed by atoms with Crippen LogP contribution in [0.15, 0.2) is 36.8 Å². The summed E-state index contributed by atoms with van der Waals surface area (Å²) in [5.74, 6) is 0.471. The van der Waals surface area contributed by atoms with Crippen LogP contribution in [0.25, 0.3) is 0 Å². The number of anilines is 2.